The minimum absolute atomic E-state index is 0.449. The van der Waals surface area contributed by atoms with Gasteiger partial charge in [-0.3, -0.25) is 0 Å². The van der Waals surface area contributed by atoms with E-state index in [2.05, 4.69) is 36.5 Å². The lowest BCUT2D eigenvalue weighted by molar-refractivity contribution is 0.276. The highest BCUT2D eigenvalue weighted by Crippen LogP contribution is 2.51. The number of methoxy groups -OCH3 is 1. The Labute approximate surface area is 129 Å². The molecular weight excluding hydrogens is 258 g/mol. The Balaban J connectivity index is 1.74. The Hall–Kier alpha value is -1.02. The highest BCUT2D eigenvalue weighted by atomic mass is 16.5. The molecule has 1 N–H and O–H groups in total. The highest BCUT2D eigenvalue weighted by Gasteiger charge is 2.40. The number of nitrogens with one attached hydrogen (secondary N) is 1. The zero-order valence-electron chi connectivity index (χ0n) is 13.5. The lowest BCUT2D eigenvalue weighted by Gasteiger charge is -2.28. The predicted molar refractivity (Wildman–Crippen MR) is 87.6 cm³/mol. The first-order valence-corrected chi connectivity index (χ1v) is 8.68. The molecule has 2 aliphatic rings. The van der Waals surface area contributed by atoms with E-state index < -0.39 is 0 Å². The third kappa shape index (κ3) is 3.26. The van der Waals surface area contributed by atoms with Crippen LogP contribution in [0, 0.1) is 17.8 Å². The van der Waals surface area contributed by atoms with Crippen LogP contribution in [0.25, 0.3) is 0 Å². The molecule has 4 atom stereocenters. The van der Waals surface area contributed by atoms with Crippen molar-refractivity contribution in [1.29, 1.82) is 0 Å². The first-order valence-electron chi connectivity index (χ1n) is 8.68. The summed E-state index contributed by atoms with van der Waals surface area (Å²) in [5.41, 5.74) is 1.34. The molecule has 0 spiro atoms. The van der Waals surface area contributed by atoms with Crippen LogP contribution in [-0.2, 0) is 0 Å². The van der Waals surface area contributed by atoms with Gasteiger partial charge < -0.3 is 10.1 Å². The summed E-state index contributed by atoms with van der Waals surface area (Å²) < 4.78 is 5.59. The van der Waals surface area contributed by atoms with Crippen LogP contribution >= 0.6 is 0 Å². The van der Waals surface area contributed by atoms with Gasteiger partial charge in [0.1, 0.15) is 5.75 Å². The van der Waals surface area contributed by atoms with Crippen LogP contribution in [0.3, 0.4) is 0 Å². The quantitative estimate of drug-likeness (QED) is 0.793. The van der Waals surface area contributed by atoms with E-state index >= 15 is 0 Å². The van der Waals surface area contributed by atoms with Crippen LogP contribution in [0.4, 0.5) is 0 Å². The molecule has 2 nitrogen and oxygen atoms in total. The van der Waals surface area contributed by atoms with Crippen molar-refractivity contribution in [3.05, 3.63) is 29.8 Å². The van der Waals surface area contributed by atoms with Crippen LogP contribution in [0.2, 0.25) is 0 Å². The van der Waals surface area contributed by atoms with E-state index in [9.17, 15) is 0 Å². The molecule has 2 fully saturated rings. The molecular formula is C19H29NO. The number of rotatable bonds is 7. The summed E-state index contributed by atoms with van der Waals surface area (Å²) in [5.74, 6) is 3.98. The Kier molecular flexibility index (Phi) is 4.84. The minimum atomic E-state index is 0.449. The fourth-order valence-corrected chi connectivity index (χ4v) is 4.56. The first-order chi connectivity index (χ1) is 10.3. The van der Waals surface area contributed by atoms with Gasteiger partial charge in [-0.1, -0.05) is 31.5 Å². The fourth-order valence-electron chi connectivity index (χ4n) is 4.56. The van der Waals surface area contributed by atoms with Crippen molar-refractivity contribution in [3.8, 4) is 5.75 Å². The van der Waals surface area contributed by atoms with Crippen molar-refractivity contribution < 1.29 is 4.74 Å². The molecule has 0 aliphatic heterocycles. The Morgan fingerprint density at radius 3 is 2.76 bits per heavy atom. The maximum Gasteiger partial charge on any atom is 0.123 e. The summed E-state index contributed by atoms with van der Waals surface area (Å²) in [7, 11) is 1.78. The standard InChI is InChI=1S/C19H29NO/c1-3-10-20-18(17-6-4-5-7-19(17)21-2)13-16-12-14-8-9-15(16)11-14/h4-7,14-16,18,20H,3,8-13H2,1-2H3. The average Bonchev–Trinajstić information content (AvgIpc) is 3.14. The van der Waals surface area contributed by atoms with Crippen LogP contribution in [0.1, 0.15) is 57.1 Å². The molecule has 2 aliphatic carbocycles. The number of ether oxygens (including phenoxy) is 1. The molecule has 4 unspecified atom stereocenters. The van der Waals surface area contributed by atoms with Crippen molar-refractivity contribution in [2.24, 2.45) is 17.8 Å². The normalized spacial score (nSPS) is 28.8. The van der Waals surface area contributed by atoms with Gasteiger partial charge in [0.25, 0.3) is 0 Å². The second-order valence-corrected chi connectivity index (χ2v) is 6.92. The van der Waals surface area contributed by atoms with Crippen LogP contribution < -0.4 is 10.1 Å². The average molecular weight is 287 g/mol. The third-order valence-corrected chi connectivity index (χ3v) is 5.58. The van der Waals surface area contributed by atoms with E-state index in [-0.39, 0.29) is 0 Å². The highest BCUT2D eigenvalue weighted by molar-refractivity contribution is 5.36. The Morgan fingerprint density at radius 1 is 1.24 bits per heavy atom. The summed E-state index contributed by atoms with van der Waals surface area (Å²) in [5, 5.41) is 3.77. The number of hydrogen-bond acceptors (Lipinski definition) is 2. The van der Waals surface area contributed by atoms with E-state index in [4.69, 9.17) is 4.74 Å². The van der Waals surface area contributed by atoms with Crippen LogP contribution in [0.15, 0.2) is 24.3 Å². The van der Waals surface area contributed by atoms with E-state index in [1.54, 1.807) is 7.11 Å². The van der Waals surface area contributed by atoms with Crippen molar-refractivity contribution in [2.45, 2.75) is 51.5 Å². The lowest BCUT2D eigenvalue weighted by Crippen LogP contribution is -2.26. The van der Waals surface area contributed by atoms with Crippen molar-refractivity contribution in [3.63, 3.8) is 0 Å². The zero-order valence-corrected chi connectivity index (χ0v) is 13.5. The van der Waals surface area contributed by atoms with Crippen molar-refractivity contribution in [1.82, 2.24) is 5.32 Å². The van der Waals surface area contributed by atoms with Crippen LogP contribution in [0.5, 0.6) is 5.75 Å². The Bertz CT molecular complexity index is 459. The molecule has 0 heterocycles. The summed E-state index contributed by atoms with van der Waals surface area (Å²) in [6, 6.07) is 8.98. The van der Waals surface area contributed by atoms with Gasteiger partial charge in [-0.2, -0.15) is 0 Å². The lowest BCUT2D eigenvalue weighted by atomic mass is 9.82. The zero-order chi connectivity index (χ0) is 14.7. The molecule has 0 aromatic heterocycles. The molecule has 1 aromatic rings. The van der Waals surface area contributed by atoms with Gasteiger partial charge in [0, 0.05) is 11.6 Å². The van der Waals surface area contributed by atoms with Gasteiger partial charge in [-0.25, -0.2) is 0 Å². The predicted octanol–water partition coefficient (Wildman–Crippen LogP) is 4.56. The molecule has 21 heavy (non-hydrogen) atoms. The van der Waals surface area contributed by atoms with E-state index in [1.807, 2.05) is 0 Å². The van der Waals surface area contributed by atoms with Gasteiger partial charge in [0.05, 0.1) is 7.11 Å². The van der Waals surface area contributed by atoms with Crippen molar-refractivity contribution >= 4 is 0 Å². The van der Waals surface area contributed by atoms with Crippen LogP contribution in [-0.4, -0.2) is 13.7 Å². The van der Waals surface area contributed by atoms with Gasteiger partial charge >= 0.3 is 0 Å². The number of hydrogen-bond donors (Lipinski definition) is 1. The molecule has 3 rings (SSSR count). The summed E-state index contributed by atoms with van der Waals surface area (Å²) in [6.07, 6.45) is 8.38. The number of fused-ring (bicyclic) bond motifs is 2. The van der Waals surface area contributed by atoms with E-state index in [0.29, 0.717) is 6.04 Å². The van der Waals surface area contributed by atoms with E-state index in [0.717, 1.165) is 30.0 Å². The SMILES string of the molecule is CCCNC(CC1CC2CCC1C2)c1ccccc1OC. The molecule has 2 bridgehead atoms. The topological polar surface area (TPSA) is 21.3 Å². The first kappa shape index (κ1) is 14.9. The van der Waals surface area contributed by atoms with Crippen molar-refractivity contribution in [2.75, 3.05) is 13.7 Å². The summed E-state index contributed by atoms with van der Waals surface area (Å²) in [6.45, 7) is 3.33. The fraction of sp³-hybridized carbons (Fsp3) is 0.684. The molecule has 2 saturated carbocycles. The molecule has 116 valence electrons. The molecule has 1 aromatic carbocycles. The second kappa shape index (κ2) is 6.83. The third-order valence-electron chi connectivity index (χ3n) is 5.58. The molecule has 0 amide bonds. The maximum absolute atomic E-state index is 5.59. The monoisotopic (exact) mass is 287 g/mol. The van der Waals surface area contributed by atoms with Gasteiger partial charge in [0.15, 0.2) is 0 Å². The Morgan fingerprint density at radius 2 is 2.10 bits per heavy atom. The molecule has 2 heteroatoms. The second-order valence-electron chi connectivity index (χ2n) is 6.92. The summed E-state index contributed by atoms with van der Waals surface area (Å²) in [4.78, 5) is 0. The number of benzene rings is 1. The van der Waals surface area contributed by atoms with E-state index in [1.165, 1.54) is 44.1 Å². The van der Waals surface area contributed by atoms with Gasteiger partial charge in [-0.05, 0) is 62.5 Å². The minimum Gasteiger partial charge on any atom is -0.496 e. The maximum atomic E-state index is 5.59. The van der Waals surface area contributed by atoms with Gasteiger partial charge in [0.2, 0.25) is 0 Å². The number of para-hydroxylation sites is 1. The summed E-state index contributed by atoms with van der Waals surface area (Å²) >= 11 is 0. The molecule has 0 saturated heterocycles. The van der Waals surface area contributed by atoms with Gasteiger partial charge in [-0.15, -0.1) is 0 Å². The molecule has 0 radical (unpaired) electrons. The largest absolute Gasteiger partial charge is 0.496 e. The smallest absolute Gasteiger partial charge is 0.123 e.